The summed E-state index contributed by atoms with van der Waals surface area (Å²) in [6.07, 6.45) is 2.04. The summed E-state index contributed by atoms with van der Waals surface area (Å²) in [5, 5.41) is 15.3. The van der Waals surface area contributed by atoms with Gasteiger partial charge in [-0.05, 0) is 6.26 Å². The highest BCUT2D eigenvalue weighted by Gasteiger charge is 1.86. The monoisotopic (exact) mass is 114 g/mol. The summed E-state index contributed by atoms with van der Waals surface area (Å²) in [6, 6.07) is 1.87. The third-order valence-electron chi connectivity index (χ3n) is 0.486. The van der Waals surface area contributed by atoms with Crippen molar-refractivity contribution < 1.29 is 0 Å². The smallest absolute Gasteiger partial charge is 0.0828 e. The van der Waals surface area contributed by atoms with Gasteiger partial charge in [0, 0.05) is 0 Å². The molecule has 0 spiro atoms. The van der Waals surface area contributed by atoms with Gasteiger partial charge in [-0.2, -0.15) is 5.26 Å². The van der Waals surface area contributed by atoms with E-state index in [1.807, 2.05) is 6.07 Å². The zero-order chi connectivity index (χ0) is 5.70. The molecule has 0 heterocycles. The fourth-order valence-corrected chi connectivity index (χ4v) is 0.353. The lowest BCUT2D eigenvalue weighted by Gasteiger charge is -1.84. The molecule has 0 aliphatic heterocycles. The van der Waals surface area contributed by atoms with Crippen LogP contribution in [0.15, 0.2) is 0 Å². The van der Waals surface area contributed by atoms with Crippen molar-refractivity contribution in [3.8, 4) is 6.07 Å². The average molecular weight is 114 g/mol. The normalized spacial score (nSPS) is 7.43. The second-order valence-electron chi connectivity index (χ2n) is 0.962. The molecule has 1 N–H and O–H groups in total. The van der Waals surface area contributed by atoms with Crippen molar-refractivity contribution in [3.05, 3.63) is 0 Å². The standard InChI is InChI=1S/C4H6N2S/c1-7-4(6)2-3-5/h6H,2H2,1H3. The Labute approximate surface area is 47.0 Å². The molecular formula is C4H6N2S. The average Bonchev–Trinajstić information content (AvgIpc) is 1.68. The predicted octanol–water partition coefficient (Wildman–Crippen LogP) is 1.24. The van der Waals surface area contributed by atoms with E-state index in [4.69, 9.17) is 10.7 Å². The van der Waals surface area contributed by atoms with E-state index in [1.165, 1.54) is 11.8 Å². The molecule has 0 amide bonds. The number of hydrogen-bond donors (Lipinski definition) is 1. The third kappa shape index (κ3) is 3.34. The van der Waals surface area contributed by atoms with E-state index in [-0.39, 0.29) is 6.42 Å². The Hall–Kier alpha value is -0.490. The SMILES string of the molecule is CSC(=N)CC#N. The van der Waals surface area contributed by atoms with Crippen LogP contribution >= 0.6 is 11.8 Å². The molecule has 0 radical (unpaired) electrons. The van der Waals surface area contributed by atoms with Crippen LogP contribution in [0, 0.1) is 16.7 Å². The number of nitrogens with one attached hydrogen (secondary N) is 1. The summed E-state index contributed by atoms with van der Waals surface area (Å²) in [6.45, 7) is 0. The Morgan fingerprint density at radius 1 is 2.00 bits per heavy atom. The summed E-state index contributed by atoms with van der Waals surface area (Å²) < 4.78 is 0. The molecule has 3 heteroatoms. The van der Waals surface area contributed by atoms with Crippen molar-refractivity contribution in [1.82, 2.24) is 0 Å². The Kier molecular flexibility index (Phi) is 3.43. The summed E-state index contributed by atoms with van der Waals surface area (Å²) in [4.78, 5) is 0. The minimum Gasteiger partial charge on any atom is -0.297 e. The van der Waals surface area contributed by atoms with E-state index < -0.39 is 0 Å². The van der Waals surface area contributed by atoms with Gasteiger partial charge in [0.05, 0.1) is 17.5 Å². The van der Waals surface area contributed by atoms with Gasteiger partial charge >= 0.3 is 0 Å². The van der Waals surface area contributed by atoms with E-state index in [0.29, 0.717) is 5.04 Å². The van der Waals surface area contributed by atoms with Gasteiger partial charge in [-0.3, -0.25) is 5.41 Å². The Morgan fingerprint density at radius 3 is 2.71 bits per heavy atom. The van der Waals surface area contributed by atoms with Crippen molar-refractivity contribution in [2.75, 3.05) is 6.26 Å². The van der Waals surface area contributed by atoms with Gasteiger partial charge in [-0.1, -0.05) is 0 Å². The van der Waals surface area contributed by atoms with Gasteiger partial charge in [-0.25, -0.2) is 0 Å². The molecule has 7 heavy (non-hydrogen) atoms. The summed E-state index contributed by atoms with van der Waals surface area (Å²) in [7, 11) is 0. The Morgan fingerprint density at radius 2 is 2.57 bits per heavy atom. The molecule has 38 valence electrons. The van der Waals surface area contributed by atoms with E-state index >= 15 is 0 Å². The minimum absolute atomic E-state index is 0.251. The van der Waals surface area contributed by atoms with Crippen molar-refractivity contribution in [3.63, 3.8) is 0 Å². The maximum absolute atomic E-state index is 7.96. The van der Waals surface area contributed by atoms with Gasteiger partial charge in [0.1, 0.15) is 0 Å². The first-order valence-electron chi connectivity index (χ1n) is 1.79. The van der Waals surface area contributed by atoms with E-state index in [2.05, 4.69) is 0 Å². The van der Waals surface area contributed by atoms with Crippen LogP contribution in [0.4, 0.5) is 0 Å². The molecule has 0 unspecified atom stereocenters. The van der Waals surface area contributed by atoms with Crippen molar-refractivity contribution in [1.29, 1.82) is 10.7 Å². The first kappa shape index (κ1) is 6.51. The lowest BCUT2D eigenvalue weighted by Crippen LogP contribution is -1.82. The van der Waals surface area contributed by atoms with Crippen LogP contribution in [0.3, 0.4) is 0 Å². The highest BCUT2D eigenvalue weighted by molar-refractivity contribution is 8.13. The van der Waals surface area contributed by atoms with E-state index in [0.717, 1.165) is 0 Å². The zero-order valence-corrected chi connectivity index (χ0v) is 4.88. The lowest BCUT2D eigenvalue weighted by molar-refractivity contribution is 1.38. The fraction of sp³-hybridized carbons (Fsp3) is 0.500. The summed E-state index contributed by atoms with van der Waals surface area (Å²) in [5.74, 6) is 0. The Balaban J connectivity index is 3.23. The number of thioether (sulfide) groups is 1. The largest absolute Gasteiger partial charge is 0.297 e. The van der Waals surface area contributed by atoms with Crippen molar-refractivity contribution >= 4 is 16.8 Å². The van der Waals surface area contributed by atoms with Crippen LogP contribution in [0.1, 0.15) is 6.42 Å². The molecule has 0 rings (SSSR count). The minimum atomic E-state index is 0.251. The maximum atomic E-state index is 7.96. The number of rotatable bonds is 1. The van der Waals surface area contributed by atoms with Gasteiger partial charge in [0.15, 0.2) is 0 Å². The fourth-order valence-electron chi connectivity index (χ4n) is 0.144. The highest BCUT2D eigenvalue weighted by Crippen LogP contribution is 1.96. The molecule has 0 aromatic rings. The van der Waals surface area contributed by atoms with Gasteiger partial charge in [-0.15, -0.1) is 11.8 Å². The molecule has 0 atom stereocenters. The van der Waals surface area contributed by atoms with Crippen LogP contribution in [0.25, 0.3) is 0 Å². The molecule has 0 fully saturated rings. The van der Waals surface area contributed by atoms with Gasteiger partial charge < -0.3 is 0 Å². The van der Waals surface area contributed by atoms with Crippen LogP contribution in [0.2, 0.25) is 0 Å². The van der Waals surface area contributed by atoms with E-state index in [9.17, 15) is 0 Å². The molecule has 0 saturated carbocycles. The number of nitrogens with zero attached hydrogens (tertiary/aromatic N) is 1. The molecule has 0 saturated heterocycles. The maximum Gasteiger partial charge on any atom is 0.0828 e. The quantitative estimate of drug-likeness (QED) is 0.412. The second-order valence-corrected chi connectivity index (χ2v) is 1.86. The van der Waals surface area contributed by atoms with Crippen LogP contribution < -0.4 is 0 Å². The molecule has 0 bridgehead atoms. The first-order chi connectivity index (χ1) is 3.31. The van der Waals surface area contributed by atoms with Crippen LogP contribution in [-0.2, 0) is 0 Å². The summed E-state index contributed by atoms with van der Waals surface area (Å²) in [5.41, 5.74) is 0. The zero-order valence-electron chi connectivity index (χ0n) is 4.06. The molecular weight excluding hydrogens is 108 g/mol. The van der Waals surface area contributed by atoms with Gasteiger partial charge in [0.25, 0.3) is 0 Å². The topological polar surface area (TPSA) is 47.6 Å². The van der Waals surface area contributed by atoms with Crippen molar-refractivity contribution in [2.45, 2.75) is 6.42 Å². The van der Waals surface area contributed by atoms with Gasteiger partial charge in [0.2, 0.25) is 0 Å². The number of hydrogen-bond acceptors (Lipinski definition) is 3. The van der Waals surface area contributed by atoms with Crippen LogP contribution in [-0.4, -0.2) is 11.3 Å². The molecule has 0 aromatic carbocycles. The Bertz CT molecular complexity index is 103. The first-order valence-corrected chi connectivity index (χ1v) is 3.02. The van der Waals surface area contributed by atoms with Crippen molar-refractivity contribution in [2.24, 2.45) is 0 Å². The highest BCUT2D eigenvalue weighted by atomic mass is 32.2. The molecule has 0 aliphatic carbocycles. The molecule has 0 aliphatic rings. The van der Waals surface area contributed by atoms with E-state index in [1.54, 1.807) is 6.26 Å². The molecule has 0 aromatic heterocycles. The lowest BCUT2D eigenvalue weighted by atomic mass is 10.5. The molecule has 2 nitrogen and oxygen atoms in total. The third-order valence-corrected chi connectivity index (χ3v) is 1.12. The van der Waals surface area contributed by atoms with Crippen LogP contribution in [0.5, 0.6) is 0 Å². The summed E-state index contributed by atoms with van der Waals surface area (Å²) >= 11 is 1.31. The second kappa shape index (κ2) is 3.69. The predicted molar refractivity (Wildman–Crippen MR) is 31.5 cm³/mol. The number of nitriles is 1.